The fourth-order valence-electron chi connectivity index (χ4n) is 2.79. The SMILES string of the molecule is CC(CN1CCCCC1)NS(=O)(=O)Cc1ccccc1N. The van der Waals surface area contributed by atoms with Crippen LogP contribution in [-0.4, -0.2) is 39.0 Å². The standard InChI is InChI=1S/C15H25N3O2S/c1-13(11-18-9-5-2-6-10-18)17-21(19,20)12-14-7-3-4-8-15(14)16/h3-4,7-8,13,17H,2,5-6,9-12,16H2,1H3. The number of nitrogens with two attached hydrogens (primary N) is 1. The number of benzene rings is 1. The van der Waals surface area contributed by atoms with E-state index in [-0.39, 0.29) is 11.8 Å². The molecule has 1 unspecified atom stereocenters. The first-order valence-corrected chi connectivity index (χ1v) is 9.17. The number of anilines is 1. The van der Waals surface area contributed by atoms with Gasteiger partial charge >= 0.3 is 0 Å². The van der Waals surface area contributed by atoms with E-state index < -0.39 is 10.0 Å². The van der Waals surface area contributed by atoms with Crippen LogP contribution in [0.4, 0.5) is 5.69 Å². The molecule has 1 heterocycles. The molecule has 1 fully saturated rings. The minimum absolute atomic E-state index is 0.0655. The maximum atomic E-state index is 12.2. The van der Waals surface area contributed by atoms with Crippen LogP contribution in [0, 0.1) is 0 Å². The first-order valence-electron chi connectivity index (χ1n) is 7.52. The third-order valence-electron chi connectivity index (χ3n) is 3.76. The fraction of sp³-hybridized carbons (Fsp3) is 0.600. The second kappa shape index (κ2) is 7.24. The van der Waals surface area contributed by atoms with Crippen molar-refractivity contribution >= 4 is 15.7 Å². The lowest BCUT2D eigenvalue weighted by Gasteiger charge is -2.29. The maximum Gasteiger partial charge on any atom is 0.216 e. The number of piperidine rings is 1. The molecule has 0 saturated carbocycles. The number of nitrogens with zero attached hydrogens (tertiary/aromatic N) is 1. The van der Waals surface area contributed by atoms with E-state index in [9.17, 15) is 8.42 Å². The quantitative estimate of drug-likeness (QED) is 0.782. The van der Waals surface area contributed by atoms with Gasteiger partial charge in [0.2, 0.25) is 10.0 Å². The van der Waals surface area contributed by atoms with Gasteiger partial charge in [-0.3, -0.25) is 0 Å². The number of likely N-dealkylation sites (tertiary alicyclic amines) is 1. The third-order valence-corrected chi connectivity index (χ3v) is 5.21. The number of para-hydroxylation sites is 1. The number of sulfonamides is 1. The van der Waals surface area contributed by atoms with Crippen molar-refractivity contribution in [2.24, 2.45) is 0 Å². The van der Waals surface area contributed by atoms with Gasteiger partial charge in [-0.05, 0) is 44.5 Å². The van der Waals surface area contributed by atoms with Crippen LogP contribution in [0.5, 0.6) is 0 Å². The number of nitrogen functional groups attached to an aromatic ring is 1. The predicted molar refractivity (Wildman–Crippen MR) is 86.4 cm³/mol. The van der Waals surface area contributed by atoms with E-state index in [4.69, 9.17) is 5.73 Å². The highest BCUT2D eigenvalue weighted by Gasteiger charge is 2.19. The average molecular weight is 311 g/mol. The van der Waals surface area contributed by atoms with Gasteiger partial charge in [0.25, 0.3) is 0 Å². The van der Waals surface area contributed by atoms with Crippen molar-refractivity contribution in [2.45, 2.75) is 38.0 Å². The molecule has 0 aromatic heterocycles. The molecule has 1 saturated heterocycles. The van der Waals surface area contributed by atoms with Crippen molar-refractivity contribution in [1.29, 1.82) is 0 Å². The number of hydrogen-bond acceptors (Lipinski definition) is 4. The van der Waals surface area contributed by atoms with Crippen molar-refractivity contribution < 1.29 is 8.42 Å². The van der Waals surface area contributed by atoms with Gasteiger partial charge in [-0.15, -0.1) is 0 Å². The van der Waals surface area contributed by atoms with Crippen LogP contribution in [0.1, 0.15) is 31.7 Å². The van der Waals surface area contributed by atoms with Gasteiger partial charge in [0.05, 0.1) is 5.75 Å². The summed E-state index contributed by atoms with van der Waals surface area (Å²) in [5, 5.41) is 0. The van der Waals surface area contributed by atoms with Crippen LogP contribution in [0.25, 0.3) is 0 Å². The minimum Gasteiger partial charge on any atom is -0.398 e. The Hall–Kier alpha value is -1.11. The Balaban J connectivity index is 1.89. The van der Waals surface area contributed by atoms with Crippen molar-refractivity contribution in [1.82, 2.24) is 9.62 Å². The average Bonchev–Trinajstić information content (AvgIpc) is 2.41. The van der Waals surface area contributed by atoms with Crippen LogP contribution >= 0.6 is 0 Å². The highest BCUT2D eigenvalue weighted by atomic mass is 32.2. The van der Waals surface area contributed by atoms with E-state index in [0.29, 0.717) is 11.3 Å². The molecule has 118 valence electrons. The number of rotatable bonds is 6. The molecule has 1 aromatic carbocycles. The lowest BCUT2D eigenvalue weighted by Crippen LogP contribution is -2.43. The van der Waals surface area contributed by atoms with Gasteiger partial charge in [-0.1, -0.05) is 24.6 Å². The number of hydrogen-bond donors (Lipinski definition) is 2. The molecule has 21 heavy (non-hydrogen) atoms. The Morgan fingerprint density at radius 3 is 2.57 bits per heavy atom. The first-order chi connectivity index (χ1) is 9.96. The summed E-state index contributed by atoms with van der Waals surface area (Å²) in [5.41, 5.74) is 6.98. The second-order valence-electron chi connectivity index (χ2n) is 5.84. The molecule has 1 aliphatic heterocycles. The van der Waals surface area contributed by atoms with E-state index in [0.717, 1.165) is 19.6 Å². The van der Waals surface area contributed by atoms with Crippen molar-refractivity contribution in [3.05, 3.63) is 29.8 Å². The highest BCUT2D eigenvalue weighted by Crippen LogP contribution is 2.14. The van der Waals surface area contributed by atoms with Gasteiger partial charge in [0.1, 0.15) is 0 Å². The van der Waals surface area contributed by atoms with E-state index in [2.05, 4.69) is 9.62 Å². The summed E-state index contributed by atoms with van der Waals surface area (Å²) in [6.45, 7) is 4.82. The second-order valence-corrected chi connectivity index (χ2v) is 7.59. The largest absolute Gasteiger partial charge is 0.398 e. The van der Waals surface area contributed by atoms with Crippen LogP contribution < -0.4 is 10.5 Å². The zero-order valence-electron chi connectivity index (χ0n) is 12.6. The molecule has 1 aliphatic rings. The Bertz CT molecular complexity index is 554. The topological polar surface area (TPSA) is 75.4 Å². The smallest absolute Gasteiger partial charge is 0.216 e. The van der Waals surface area contributed by atoms with E-state index in [1.807, 2.05) is 6.92 Å². The molecular formula is C15H25N3O2S. The summed E-state index contributed by atoms with van der Waals surface area (Å²) in [5.74, 6) is -0.0655. The molecule has 0 spiro atoms. The van der Waals surface area contributed by atoms with Gasteiger partial charge in [0.15, 0.2) is 0 Å². The zero-order valence-corrected chi connectivity index (χ0v) is 13.4. The van der Waals surface area contributed by atoms with E-state index in [1.165, 1.54) is 19.3 Å². The van der Waals surface area contributed by atoms with Crippen molar-refractivity contribution in [2.75, 3.05) is 25.4 Å². The van der Waals surface area contributed by atoms with E-state index in [1.54, 1.807) is 24.3 Å². The summed E-state index contributed by atoms with van der Waals surface area (Å²) in [7, 11) is -3.36. The zero-order chi connectivity index (χ0) is 15.3. The number of nitrogens with one attached hydrogen (secondary N) is 1. The monoisotopic (exact) mass is 311 g/mol. The van der Waals surface area contributed by atoms with Gasteiger partial charge in [0, 0.05) is 18.3 Å². The minimum atomic E-state index is -3.36. The Labute approximate surface area is 127 Å². The van der Waals surface area contributed by atoms with Crippen LogP contribution in [0.2, 0.25) is 0 Å². The summed E-state index contributed by atoms with van der Waals surface area (Å²) in [6.07, 6.45) is 3.70. The molecular weight excluding hydrogens is 286 g/mol. The molecule has 1 aromatic rings. The molecule has 0 bridgehead atoms. The summed E-state index contributed by atoms with van der Waals surface area (Å²) in [4.78, 5) is 2.33. The van der Waals surface area contributed by atoms with Crippen molar-refractivity contribution in [3.63, 3.8) is 0 Å². The Morgan fingerprint density at radius 2 is 1.90 bits per heavy atom. The van der Waals surface area contributed by atoms with E-state index >= 15 is 0 Å². The maximum absolute atomic E-state index is 12.2. The normalized spacial score (nSPS) is 18.5. The first kappa shape index (κ1) is 16.3. The summed E-state index contributed by atoms with van der Waals surface area (Å²) >= 11 is 0. The molecule has 5 nitrogen and oxygen atoms in total. The highest BCUT2D eigenvalue weighted by molar-refractivity contribution is 7.88. The van der Waals surface area contributed by atoms with Crippen LogP contribution in [-0.2, 0) is 15.8 Å². The van der Waals surface area contributed by atoms with Crippen LogP contribution in [0.15, 0.2) is 24.3 Å². The lowest BCUT2D eigenvalue weighted by atomic mass is 10.1. The van der Waals surface area contributed by atoms with Gasteiger partial charge < -0.3 is 10.6 Å². The molecule has 6 heteroatoms. The third kappa shape index (κ3) is 5.30. The molecule has 0 amide bonds. The molecule has 0 aliphatic carbocycles. The molecule has 3 N–H and O–H groups in total. The summed E-state index contributed by atoms with van der Waals surface area (Å²) in [6, 6.07) is 7.00. The Morgan fingerprint density at radius 1 is 1.24 bits per heavy atom. The Kier molecular flexibility index (Phi) is 5.61. The lowest BCUT2D eigenvalue weighted by molar-refractivity contribution is 0.215. The predicted octanol–water partition coefficient (Wildman–Crippen LogP) is 1.56. The molecule has 0 radical (unpaired) electrons. The van der Waals surface area contributed by atoms with Crippen molar-refractivity contribution in [3.8, 4) is 0 Å². The van der Waals surface area contributed by atoms with Crippen LogP contribution in [0.3, 0.4) is 0 Å². The molecule has 1 atom stereocenters. The summed E-state index contributed by atoms with van der Waals surface area (Å²) < 4.78 is 27.2. The van der Waals surface area contributed by atoms with Gasteiger partial charge in [-0.25, -0.2) is 13.1 Å². The van der Waals surface area contributed by atoms with Gasteiger partial charge in [-0.2, -0.15) is 0 Å². The fourth-order valence-corrected chi connectivity index (χ4v) is 4.23. The molecule has 2 rings (SSSR count).